The Bertz CT molecular complexity index is 580. The molecule has 0 saturated heterocycles. The number of nitrogens with one attached hydrogen (secondary N) is 1. The third-order valence-corrected chi connectivity index (χ3v) is 3.51. The maximum atomic E-state index is 13.7. The molecular weight excluding hydrogens is 277 g/mol. The highest BCUT2D eigenvalue weighted by atomic mass is 35.5. The van der Waals surface area contributed by atoms with Gasteiger partial charge in [0.05, 0.1) is 12.7 Å². The number of halogens is 2. The maximum Gasteiger partial charge on any atom is 0.128 e. The fourth-order valence-corrected chi connectivity index (χ4v) is 2.24. The fraction of sp³-hybridized carbons (Fsp3) is 0.400. The summed E-state index contributed by atoms with van der Waals surface area (Å²) in [7, 11) is 0. The van der Waals surface area contributed by atoms with Gasteiger partial charge in [0.2, 0.25) is 0 Å². The van der Waals surface area contributed by atoms with Gasteiger partial charge in [-0.15, -0.1) is 0 Å². The molecule has 0 radical (unpaired) electrons. The molecule has 0 aliphatic carbocycles. The number of nitrogens with zero attached hydrogens (tertiary/aromatic N) is 2. The lowest BCUT2D eigenvalue weighted by Gasteiger charge is -2.08. The van der Waals surface area contributed by atoms with Crippen LogP contribution >= 0.6 is 11.6 Å². The first-order valence-electron chi connectivity index (χ1n) is 6.77. The summed E-state index contributed by atoms with van der Waals surface area (Å²) >= 11 is 5.91. The lowest BCUT2D eigenvalue weighted by atomic mass is 10.2. The molecule has 0 aliphatic rings. The van der Waals surface area contributed by atoms with Crippen LogP contribution < -0.4 is 5.32 Å². The van der Waals surface area contributed by atoms with Gasteiger partial charge in [0.1, 0.15) is 5.82 Å². The molecule has 1 heterocycles. The van der Waals surface area contributed by atoms with E-state index in [0.29, 0.717) is 17.1 Å². The Kier molecular flexibility index (Phi) is 5.15. The van der Waals surface area contributed by atoms with E-state index in [1.165, 1.54) is 6.07 Å². The summed E-state index contributed by atoms with van der Waals surface area (Å²) < 4.78 is 15.5. The largest absolute Gasteiger partial charge is 0.313 e. The van der Waals surface area contributed by atoms with Crippen LogP contribution in [0.15, 0.2) is 24.4 Å². The molecule has 108 valence electrons. The third-order valence-electron chi connectivity index (χ3n) is 3.27. The van der Waals surface area contributed by atoms with E-state index in [1.807, 2.05) is 13.1 Å². The predicted molar refractivity (Wildman–Crippen MR) is 79.5 cm³/mol. The van der Waals surface area contributed by atoms with Crippen LogP contribution in [0.25, 0.3) is 0 Å². The van der Waals surface area contributed by atoms with Crippen molar-refractivity contribution in [2.75, 3.05) is 6.54 Å². The summed E-state index contributed by atoms with van der Waals surface area (Å²) in [6.45, 7) is 6.29. The highest BCUT2D eigenvalue weighted by Crippen LogP contribution is 2.17. The quantitative estimate of drug-likeness (QED) is 0.826. The summed E-state index contributed by atoms with van der Waals surface area (Å²) in [5, 5.41) is 8.21. The first-order chi connectivity index (χ1) is 9.61. The molecule has 5 heteroatoms. The van der Waals surface area contributed by atoms with Gasteiger partial charge >= 0.3 is 0 Å². The number of hydrogen-bond acceptors (Lipinski definition) is 2. The van der Waals surface area contributed by atoms with Crippen molar-refractivity contribution in [1.29, 1.82) is 0 Å². The van der Waals surface area contributed by atoms with Crippen LogP contribution in [-0.2, 0) is 13.1 Å². The first-order valence-corrected chi connectivity index (χ1v) is 7.15. The molecule has 1 aromatic carbocycles. The first kappa shape index (κ1) is 15.0. The summed E-state index contributed by atoms with van der Waals surface area (Å²) in [6, 6.07) is 4.59. The molecule has 3 nitrogen and oxygen atoms in total. The topological polar surface area (TPSA) is 29.9 Å². The van der Waals surface area contributed by atoms with Crippen molar-refractivity contribution < 1.29 is 4.39 Å². The van der Waals surface area contributed by atoms with Crippen LogP contribution in [0.2, 0.25) is 5.02 Å². The Morgan fingerprint density at radius 2 is 2.15 bits per heavy atom. The molecule has 0 aliphatic heterocycles. The van der Waals surface area contributed by atoms with Crippen molar-refractivity contribution in [2.24, 2.45) is 0 Å². The van der Waals surface area contributed by atoms with E-state index in [2.05, 4.69) is 17.3 Å². The zero-order valence-corrected chi connectivity index (χ0v) is 12.5. The minimum atomic E-state index is -0.255. The van der Waals surface area contributed by atoms with Gasteiger partial charge in [-0.05, 0) is 38.1 Å². The molecule has 0 fully saturated rings. The minimum absolute atomic E-state index is 0.255. The average molecular weight is 296 g/mol. The minimum Gasteiger partial charge on any atom is -0.313 e. The molecule has 2 aromatic rings. The Balaban J connectivity index is 2.12. The molecule has 1 aromatic heterocycles. The van der Waals surface area contributed by atoms with Crippen molar-refractivity contribution in [3.63, 3.8) is 0 Å². The maximum absolute atomic E-state index is 13.7. The number of hydrogen-bond donors (Lipinski definition) is 1. The average Bonchev–Trinajstić information content (AvgIpc) is 2.76. The van der Waals surface area contributed by atoms with Gasteiger partial charge < -0.3 is 5.32 Å². The molecule has 0 saturated carbocycles. The van der Waals surface area contributed by atoms with Crippen LogP contribution in [0.3, 0.4) is 0 Å². The van der Waals surface area contributed by atoms with E-state index in [4.69, 9.17) is 11.6 Å². The van der Waals surface area contributed by atoms with E-state index in [9.17, 15) is 4.39 Å². The monoisotopic (exact) mass is 295 g/mol. The SMILES string of the molecule is CCCNCc1cnn(Cc2cc(Cl)ccc2F)c1C. The van der Waals surface area contributed by atoms with Gasteiger partial charge in [0.25, 0.3) is 0 Å². The van der Waals surface area contributed by atoms with Crippen molar-refractivity contribution in [2.45, 2.75) is 33.4 Å². The Labute approximate surface area is 123 Å². The van der Waals surface area contributed by atoms with Crippen LogP contribution in [-0.4, -0.2) is 16.3 Å². The van der Waals surface area contributed by atoms with Crippen molar-refractivity contribution >= 4 is 11.6 Å². The molecule has 0 bridgehead atoms. The van der Waals surface area contributed by atoms with Crippen molar-refractivity contribution in [3.8, 4) is 0 Å². The Morgan fingerprint density at radius 3 is 2.90 bits per heavy atom. The molecule has 0 atom stereocenters. The Morgan fingerprint density at radius 1 is 1.35 bits per heavy atom. The summed E-state index contributed by atoms with van der Waals surface area (Å²) in [6.07, 6.45) is 2.93. The lowest BCUT2D eigenvalue weighted by molar-refractivity contribution is 0.579. The van der Waals surface area contributed by atoms with Gasteiger partial charge in [-0.2, -0.15) is 5.10 Å². The van der Waals surface area contributed by atoms with Gasteiger partial charge in [-0.3, -0.25) is 4.68 Å². The molecule has 1 N–H and O–H groups in total. The number of rotatable bonds is 6. The van der Waals surface area contributed by atoms with Crippen molar-refractivity contribution in [1.82, 2.24) is 15.1 Å². The highest BCUT2D eigenvalue weighted by molar-refractivity contribution is 6.30. The van der Waals surface area contributed by atoms with E-state index in [1.54, 1.807) is 16.8 Å². The van der Waals surface area contributed by atoms with Crippen molar-refractivity contribution in [3.05, 3.63) is 52.1 Å². The number of benzene rings is 1. The zero-order valence-electron chi connectivity index (χ0n) is 11.8. The summed E-state index contributed by atoms with van der Waals surface area (Å²) in [5.74, 6) is -0.255. The second kappa shape index (κ2) is 6.86. The highest BCUT2D eigenvalue weighted by Gasteiger charge is 2.09. The van der Waals surface area contributed by atoms with Crippen LogP contribution in [0.5, 0.6) is 0 Å². The third kappa shape index (κ3) is 3.58. The molecule has 0 spiro atoms. The standard InChI is InChI=1S/C15H19ClFN3/c1-3-6-18-8-13-9-19-20(11(13)2)10-12-7-14(16)4-5-15(12)17/h4-5,7,9,18H,3,6,8,10H2,1-2H3. The molecule has 0 amide bonds. The van der Waals surface area contributed by atoms with Gasteiger partial charge in [0, 0.05) is 28.4 Å². The van der Waals surface area contributed by atoms with E-state index in [0.717, 1.165) is 30.8 Å². The summed E-state index contributed by atoms with van der Waals surface area (Å²) in [5.41, 5.74) is 2.74. The molecule has 0 unspecified atom stereocenters. The predicted octanol–water partition coefficient (Wildman–Crippen LogP) is 3.53. The van der Waals surface area contributed by atoms with Crippen LogP contribution in [0.4, 0.5) is 4.39 Å². The van der Waals surface area contributed by atoms with E-state index < -0.39 is 0 Å². The number of aromatic nitrogens is 2. The fourth-order valence-electron chi connectivity index (χ4n) is 2.04. The lowest BCUT2D eigenvalue weighted by Crippen LogP contribution is -2.14. The van der Waals surface area contributed by atoms with Gasteiger partial charge in [-0.25, -0.2) is 4.39 Å². The van der Waals surface area contributed by atoms with Gasteiger partial charge in [0.15, 0.2) is 0 Å². The molecular formula is C15H19ClFN3. The molecule has 2 rings (SSSR count). The second-order valence-corrected chi connectivity index (χ2v) is 5.26. The van der Waals surface area contributed by atoms with E-state index in [-0.39, 0.29) is 5.82 Å². The smallest absolute Gasteiger partial charge is 0.128 e. The normalized spacial score (nSPS) is 11.0. The Hall–Kier alpha value is -1.39. The second-order valence-electron chi connectivity index (χ2n) is 4.83. The zero-order chi connectivity index (χ0) is 14.5. The van der Waals surface area contributed by atoms with Crippen LogP contribution in [0.1, 0.15) is 30.2 Å². The molecule has 20 heavy (non-hydrogen) atoms. The summed E-state index contributed by atoms with van der Waals surface area (Å²) in [4.78, 5) is 0. The van der Waals surface area contributed by atoms with Crippen LogP contribution in [0, 0.1) is 12.7 Å². The van der Waals surface area contributed by atoms with Gasteiger partial charge in [-0.1, -0.05) is 18.5 Å². The van der Waals surface area contributed by atoms with E-state index >= 15 is 0 Å².